The predicted octanol–water partition coefficient (Wildman–Crippen LogP) is 1.71. The second kappa shape index (κ2) is 5.61. The van der Waals surface area contributed by atoms with E-state index in [1.807, 2.05) is 13.1 Å². The van der Waals surface area contributed by atoms with E-state index in [2.05, 4.69) is 14.9 Å². The van der Waals surface area contributed by atoms with Gasteiger partial charge in [-0.3, -0.25) is 4.79 Å². The number of carbonyl (C=O) groups is 1. The van der Waals surface area contributed by atoms with Crippen molar-refractivity contribution in [2.45, 2.75) is 32.4 Å². The van der Waals surface area contributed by atoms with Gasteiger partial charge in [-0.15, -0.1) is 0 Å². The van der Waals surface area contributed by atoms with Crippen molar-refractivity contribution in [1.29, 1.82) is 0 Å². The van der Waals surface area contributed by atoms with Crippen molar-refractivity contribution in [3.8, 4) is 11.5 Å². The fourth-order valence-electron chi connectivity index (χ4n) is 3.16. The summed E-state index contributed by atoms with van der Waals surface area (Å²) in [6, 6.07) is 5.44. The van der Waals surface area contributed by atoms with Gasteiger partial charge in [0, 0.05) is 30.8 Å². The molecule has 0 spiro atoms. The van der Waals surface area contributed by atoms with Crippen LogP contribution in [-0.2, 0) is 13.0 Å². The zero-order chi connectivity index (χ0) is 15.8. The van der Waals surface area contributed by atoms with E-state index < -0.39 is 0 Å². The summed E-state index contributed by atoms with van der Waals surface area (Å²) in [6.45, 7) is 3.83. The van der Waals surface area contributed by atoms with Crippen molar-refractivity contribution in [3.63, 3.8) is 0 Å². The molecule has 1 atom stereocenters. The van der Waals surface area contributed by atoms with Crippen LogP contribution in [-0.4, -0.2) is 34.7 Å². The maximum absolute atomic E-state index is 12.5. The van der Waals surface area contributed by atoms with Gasteiger partial charge in [0.05, 0.1) is 5.69 Å². The number of amides is 1. The van der Waals surface area contributed by atoms with E-state index >= 15 is 0 Å². The lowest BCUT2D eigenvalue weighted by molar-refractivity contribution is 0.0926. The van der Waals surface area contributed by atoms with Crippen molar-refractivity contribution in [2.24, 2.45) is 0 Å². The van der Waals surface area contributed by atoms with Crippen LogP contribution >= 0.6 is 0 Å². The highest BCUT2D eigenvalue weighted by Gasteiger charge is 2.22. The molecular formula is C17H19N3O3. The summed E-state index contributed by atoms with van der Waals surface area (Å²) in [4.78, 5) is 17.0. The monoisotopic (exact) mass is 313 g/mol. The molecule has 0 aliphatic carbocycles. The highest BCUT2D eigenvalue weighted by atomic mass is 16.6. The molecule has 0 bridgehead atoms. The highest BCUT2D eigenvalue weighted by Crippen LogP contribution is 2.30. The second-order valence-corrected chi connectivity index (χ2v) is 6.02. The summed E-state index contributed by atoms with van der Waals surface area (Å²) >= 11 is 0. The molecule has 4 rings (SSSR count). The summed E-state index contributed by atoms with van der Waals surface area (Å²) in [7, 11) is 0. The average molecular weight is 313 g/mol. The van der Waals surface area contributed by atoms with Crippen LogP contribution in [0.15, 0.2) is 24.4 Å². The van der Waals surface area contributed by atoms with Gasteiger partial charge in [0.25, 0.3) is 5.91 Å². The fraction of sp³-hybridized carbons (Fsp3) is 0.412. The number of carbonyl (C=O) groups excluding carboxylic acids is 1. The maximum Gasteiger partial charge on any atom is 0.251 e. The van der Waals surface area contributed by atoms with E-state index in [9.17, 15) is 4.79 Å². The first-order valence-corrected chi connectivity index (χ1v) is 7.92. The highest BCUT2D eigenvalue weighted by molar-refractivity contribution is 5.95. The standard InChI is InChI=1S/C17H19N3O3/c1-11-9-20-10-13(3-5-16(20)18-11)19-17(21)12-2-4-14-15(8-12)23-7-6-22-14/h2,4,8-9,13H,3,5-7,10H2,1H3,(H,19,21). The Hall–Kier alpha value is -2.50. The number of fused-ring (bicyclic) bond motifs is 2. The number of nitrogens with one attached hydrogen (secondary N) is 1. The molecule has 0 saturated carbocycles. The van der Waals surface area contributed by atoms with Crippen LogP contribution in [0.25, 0.3) is 0 Å². The van der Waals surface area contributed by atoms with Crippen molar-refractivity contribution >= 4 is 5.91 Å². The number of ether oxygens (including phenoxy) is 2. The normalized spacial score (nSPS) is 19.1. The van der Waals surface area contributed by atoms with Crippen molar-refractivity contribution in [1.82, 2.24) is 14.9 Å². The molecule has 1 amide bonds. The number of aryl methyl sites for hydroxylation is 2. The number of rotatable bonds is 2. The lowest BCUT2D eigenvalue weighted by atomic mass is 10.1. The molecule has 0 saturated heterocycles. The smallest absolute Gasteiger partial charge is 0.251 e. The van der Waals surface area contributed by atoms with E-state index in [1.54, 1.807) is 18.2 Å². The lowest BCUT2D eigenvalue weighted by Crippen LogP contribution is -2.40. The average Bonchev–Trinajstić information content (AvgIpc) is 2.93. The van der Waals surface area contributed by atoms with Crippen LogP contribution < -0.4 is 14.8 Å². The zero-order valence-corrected chi connectivity index (χ0v) is 13.0. The van der Waals surface area contributed by atoms with Gasteiger partial charge in [0.1, 0.15) is 19.0 Å². The number of aromatic nitrogens is 2. The summed E-state index contributed by atoms with van der Waals surface area (Å²) in [5.74, 6) is 2.36. The molecular weight excluding hydrogens is 294 g/mol. The molecule has 2 aliphatic heterocycles. The number of hydrogen-bond donors (Lipinski definition) is 1. The second-order valence-electron chi connectivity index (χ2n) is 6.02. The molecule has 6 heteroatoms. The Balaban J connectivity index is 1.46. The van der Waals surface area contributed by atoms with E-state index in [0.29, 0.717) is 30.3 Å². The Morgan fingerprint density at radius 3 is 3.00 bits per heavy atom. The Kier molecular flexibility index (Phi) is 3.44. The molecule has 0 fully saturated rings. The number of nitrogens with zero attached hydrogens (tertiary/aromatic N) is 2. The summed E-state index contributed by atoms with van der Waals surface area (Å²) in [5.41, 5.74) is 1.63. The molecule has 2 aliphatic rings. The van der Waals surface area contributed by atoms with E-state index in [4.69, 9.17) is 9.47 Å². The minimum Gasteiger partial charge on any atom is -0.486 e. The van der Waals surface area contributed by atoms with Gasteiger partial charge in [-0.05, 0) is 31.5 Å². The third kappa shape index (κ3) is 2.76. The molecule has 3 heterocycles. The Morgan fingerprint density at radius 1 is 1.30 bits per heavy atom. The van der Waals surface area contributed by atoms with E-state index in [1.165, 1.54) is 0 Å². The van der Waals surface area contributed by atoms with Gasteiger partial charge < -0.3 is 19.4 Å². The van der Waals surface area contributed by atoms with Crippen molar-refractivity contribution < 1.29 is 14.3 Å². The Bertz CT molecular complexity index is 754. The van der Waals surface area contributed by atoms with E-state index in [0.717, 1.165) is 30.9 Å². The van der Waals surface area contributed by atoms with E-state index in [-0.39, 0.29) is 11.9 Å². The molecule has 1 unspecified atom stereocenters. The molecule has 2 aromatic rings. The molecule has 1 aromatic heterocycles. The van der Waals surface area contributed by atoms with Crippen LogP contribution in [0, 0.1) is 6.92 Å². The summed E-state index contributed by atoms with van der Waals surface area (Å²) < 4.78 is 13.2. The number of benzene rings is 1. The number of hydrogen-bond acceptors (Lipinski definition) is 4. The third-order valence-electron chi connectivity index (χ3n) is 4.25. The third-order valence-corrected chi connectivity index (χ3v) is 4.25. The van der Waals surface area contributed by atoms with Gasteiger partial charge in [-0.1, -0.05) is 0 Å². The van der Waals surface area contributed by atoms with Gasteiger partial charge in [-0.2, -0.15) is 0 Å². The van der Waals surface area contributed by atoms with Crippen LogP contribution in [0.2, 0.25) is 0 Å². The minimum absolute atomic E-state index is 0.0766. The first kappa shape index (κ1) is 14.1. The van der Waals surface area contributed by atoms with Crippen LogP contribution in [0.3, 0.4) is 0 Å². The summed E-state index contributed by atoms with van der Waals surface area (Å²) in [5, 5.41) is 3.11. The number of imidazole rings is 1. The van der Waals surface area contributed by atoms with Gasteiger partial charge in [0.15, 0.2) is 11.5 Å². The van der Waals surface area contributed by atoms with Crippen molar-refractivity contribution in [2.75, 3.05) is 13.2 Å². The molecule has 6 nitrogen and oxygen atoms in total. The molecule has 23 heavy (non-hydrogen) atoms. The largest absolute Gasteiger partial charge is 0.486 e. The zero-order valence-electron chi connectivity index (χ0n) is 13.0. The van der Waals surface area contributed by atoms with Gasteiger partial charge in [-0.25, -0.2) is 4.98 Å². The van der Waals surface area contributed by atoms with Crippen molar-refractivity contribution in [3.05, 3.63) is 41.5 Å². The fourth-order valence-corrected chi connectivity index (χ4v) is 3.16. The molecule has 1 aromatic carbocycles. The predicted molar refractivity (Wildman–Crippen MR) is 84.0 cm³/mol. The first-order chi connectivity index (χ1) is 11.2. The molecule has 120 valence electrons. The topological polar surface area (TPSA) is 65.4 Å². The van der Waals surface area contributed by atoms with Crippen LogP contribution in [0.1, 0.15) is 28.3 Å². The van der Waals surface area contributed by atoms with Crippen LogP contribution in [0.4, 0.5) is 0 Å². The van der Waals surface area contributed by atoms with Gasteiger partial charge >= 0.3 is 0 Å². The SMILES string of the molecule is Cc1cn2c(n1)CCC(NC(=O)c1ccc3c(c1)OCCO3)C2. The Labute approximate surface area is 134 Å². The van der Waals surface area contributed by atoms with Crippen LogP contribution in [0.5, 0.6) is 11.5 Å². The molecule has 1 N–H and O–H groups in total. The minimum atomic E-state index is -0.0766. The maximum atomic E-state index is 12.5. The summed E-state index contributed by atoms with van der Waals surface area (Å²) in [6.07, 6.45) is 3.84. The molecule has 0 radical (unpaired) electrons. The quantitative estimate of drug-likeness (QED) is 0.916. The van der Waals surface area contributed by atoms with Gasteiger partial charge in [0.2, 0.25) is 0 Å². The first-order valence-electron chi connectivity index (χ1n) is 7.92. The lowest BCUT2D eigenvalue weighted by Gasteiger charge is -2.25. The Morgan fingerprint density at radius 2 is 2.13 bits per heavy atom.